The Labute approximate surface area is 104 Å². The SMILES string of the molecule is CC.CCCC.Cc1cc2nc(C)nn2cn1. The van der Waals surface area contributed by atoms with Gasteiger partial charge in [-0.1, -0.05) is 40.5 Å². The Morgan fingerprint density at radius 1 is 1.12 bits per heavy atom. The standard InChI is InChI=1S/C7H8N4.C4H10.C2H6/c1-5-3-7-9-6(2)10-11(7)4-8-5;1-3-4-2;1-2/h3-4H,1-2H3;3-4H2,1-2H3;1-2H3. The molecule has 0 spiro atoms. The third kappa shape index (κ3) is 5.43. The lowest BCUT2D eigenvalue weighted by molar-refractivity contribution is 0.886. The Bertz CT molecular complexity index is 418. The lowest BCUT2D eigenvalue weighted by atomic mass is 10.4. The molecule has 4 heteroatoms. The van der Waals surface area contributed by atoms with Crippen molar-refractivity contribution < 1.29 is 0 Å². The summed E-state index contributed by atoms with van der Waals surface area (Å²) >= 11 is 0. The summed E-state index contributed by atoms with van der Waals surface area (Å²) in [4.78, 5) is 8.27. The van der Waals surface area contributed by atoms with Gasteiger partial charge in [0.25, 0.3) is 0 Å². The summed E-state index contributed by atoms with van der Waals surface area (Å²) in [5.74, 6) is 0.775. The molecule has 0 aromatic carbocycles. The Kier molecular flexibility index (Phi) is 7.93. The molecule has 0 atom stereocenters. The Hall–Kier alpha value is -1.45. The van der Waals surface area contributed by atoms with Gasteiger partial charge in [0.05, 0.1) is 0 Å². The van der Waals surface area contributed by atoms with Crippen LogP contribution in [0.25, 0.3) is 5.65 Å². The maximum Gasteiger partial charge on any atom is 0.159 e. The van der Waals surface area contributed by atoms with E-state index >= 15 is 0 Å². The van der Waals surface area contributed by atoms with Crippen molar-refractivity contribution in [2.75, 3.05) is 0 Å². The van der Waals surface area contributed by atoms with Gasteiger partial charge in [0.1, 0.15) is 12.2 Å². The van der Waals surface area contributed by atoms with Crippen LogP contribution in [0.5, 0.6) is 0 Å². The summed E-state index contributed by atoms with van der Waals surface area (Å²) in [5.41, 5.74) is 1.82. The highest BCUT2D eigenvalue weighted by molar-refractivity contribution is 5.37. The number of aromatic nitrogens is 4. The number of rotatable bonds is 1. The average molecular weight is 236 g/mol. The first-order chi connectivity index (χ1) is 8.17. The minimum absolute atomic E-state index is 0.775. The molecule has 0 bridgehead atoms. The number of aryl methyl sites for hydroxylation is 2. The summed E-state index contributed by atoms with van der Waals surface area (Å²) in [7, 11) is 0. The molecule has 0 aliphatic heterocycles. The van der Waals surface area contributed by atoms with E-state index in [0.29, 0.717) is 0 Å². The third-order valence-electron chi connectivity index (χ3n) is 1.97. The fourth-order valence-electron chi connectivity index (χ4n) is 1.000. The number of hydrogen-bond donors (Lipinski definition) is 0. The second-order valence-corrected chi connectivity index (χ2v) is 3.49. The monoisotopic (exact) mass is 236 g/mol. The van der Waals surface area contributed by atoms with Gasteiger partial charge in [-0.2, -0.15) is 5.10 Å². The largest absolute Gasteiger partial charge is 0.241 e. The van der Waals surface area contributed by atoms with Crippen LogP contribution in [0.3, 0.4) is 0 Å². The van der Waals surface area contributed by atoms with Crippen LogP contribution in [0, 0.1) is 13.8 Å². The molecule has 2 rings (SSSR count). The summed E-state index contributed by atoms with van der Waals surface area (Å²) in [6, 6.07) is 1.90. The van der Waals surface area contributed by atoms with Crippen LogP contribution in [0.2, 0.25) is 0 Å². The van der Waals surface area contributed by atoms with E-state index in [1.54, 1.807) is 10.8 Å². The smallest absolute Gasteiger partial charge is 0.159 e. The lowest BCUT2D eigenvalue weighted by Gasteiger charge is -1.90. The molecule has 2 heterocycles. The first-order valence-corrected chi connectivity index (χ1v) is 6.33. The molecule has 96 valence electrons. The van der Waals surface area contributed by atoms with Crippen molar-refractivity contribution in [3.63, 3.8) is 0 Å². The molecule has 0 radical (unpaired) electrons. The zero-order chi connectivity index (χ0) is 13.3. The van der Waals surface area contributed by atoms with Gasteiger partial charge >= 0.3 is 0 Å². The second kappa shape index (κ2) is 8.67. The van der Waals surface area contributed by atoms with E-state index in [0.717, 1.165) is 17.2 Å². The summed E-state index contributed by atoms with van der Waals surface area (Å²) < 4.78 is 1.67. The van der Waals surface area contributed by atoms with Crippen LogP contribution >= 0.6 is 0 Å². The van der Waals surface area contributed by atoms with Crippen LogP contribution < -0.4 is 0 Å². The average Bonchev–Trinajstić information content (AvgIpc) is 2.71. The lowest BCUT2D eigenvalue weighted by Crippen LogP contribution is -1.90. The van der Waals surface area contributed by atoms with Crippen molar-refractivity contribution in [1.29, 1.82) is 0 Å². The van der Waals surface area contributed by atoms with E-state index in [9.17, 15) is 0 Å². The fraction of sp³-hybridized carbons (Fsp3) is 0.615. The van der Waals surface area contributed by atoms with E-state index < -0.39 is 0 Å². The normalized spacial score (nSPS) is 9.06. The predicted molar refractivity (Wildman–Crippen MR) is 72.2 cm³/mol. The van der Waals surface area contributed by atoms with Gasteiger partial charge in [0.2, 0.25) is 0 Å². The van der Waals surface area contributed by atoms with Crippen molar-refractivity contribution in [1.82, 2.24) is 19.6 Å². The molecule has 4 nitrogen and oxygen atoms in total. The first kappa shape index (κ1) is 15.6. The van der Waals surface area contributed by atoms with E-state index in [-0.39, 0.29) is 0 Å². The number of nitrogens with zero attached hydrogens (tertiary/aromatic N) is 4. The zero-order valence-corrected chi connectivity index (χ0v) is 11.9. The van der Waals surface area contributed by atoms with Gasteiger partial charge < -0.3 is 0 Å². The predicted octanol–water partition coefficient (Wildman–Crippen LogP) is 3.57. The fourth-order valence-corrected chi connectivity index (χ4v) is 1.000. The number of fused-ring (bicyclic) bond motifs is 1. The Morgan fingerprint density at radius 3 is 2.24 bits per heavy atom. The Balaban J connectivity index is 0.000000368. The first-order valence-electron chi connectivity index (χ1n) is 6.33. The number of unbranched alkanes of at least 4 members (excludes halogenated alkanes) is 1. The number of hydrogen-bond acceptors (Lipinski definition) is 3. The third-order valence-corrected chi connectivity index (χ3v) is 1.97. The van der Waals surface area contributed by atoms with Crippen LogP contribution in [0.15, 0.2) is 12.4 Å². The molecule has 0 fully saturated rings. The van der Waals surface area contributed by atoms with Gasteiger partial charge in [-0.05, 0) is 13.8 Å². The molecule has 0 aliphatic rings. The maximum absolute atomic E-state index is 4.19. The van der Waals surface area contributed by atoms with Gasteiger partial charge in [0.15, 0.2) is 5.65 Å². The van der Waals surface area contributed by atoms with Crippen LogP contribution in [-0.4, -0.2) is 19.6 Å². The van der Waals surface area contributed by atoms with Crippen molar-refractivity contribution in [2.45, 2.75) is 54.4 Å². The summed E-state index contributed by atoms with van der Waals surface area (Å²) in [6.07, 6.45) is 4.31. The molecule has 0 unspecified atom stereocenters. The highest BCUT2D eigenvalue weighted by Gasteiger charge is 1.97. The maximum atomic E-state index is 4.19. The molecular formula is C13H24N4. The van der Waals surface area contributed by atoms with Crippen molar-refractivity contribution in [3.05, 3.63) is 23.9 Å². The molecular weight excluding hydrogens is 212 g/mol. The van der Waals surface area contributed by atoms with E-state index in [1.807, 2.05) is 33.8 Å². The molecule has 0 saturated heterocycles. The van der Waals surface area contributed by atoms with Gasteiger partial charge in [-0.25, -0.2) is 14.5 Å². The quantitative estimate of drug-likeness (QED) is 0.760. The van der Waals surface area contributed by atoms with E-state index in [4.69, 9.17) is 0 Å². The Morgan fingerprint density at radius 2 is 1.71 bits per heavy atom. The van der Waals surface area contributed by atoms with Crippen molar-refractivity contribution in [3.8, 4) is 0 Å². The van der Waals surface area contributed by atoms with Crippen molar-refractivity contribution in [2.24, 2.45) is 0 Å². The highest BCUT2D eigenvalue weighted by Crippen LogP contribution is 2.00. The molecule has 17 heavy (non-hydrogen) atoms. The molecule has 0 aliphatic carbocycles. The van der Waals surface area contributed by atoms with Crippen LogP contribution in [0.4, 0.5) is 0 Å². The molecule has 2 aromatic rings. The summed E-state index contributed by atoms with van der Waals surface area (Å²) in [6.45, 7) is 12.2. The van der Waals surface area contributed by atoms with Crippen LogP contribution in [0.1, 0.15) is 52.1 Å². The molecule has 2 aromatic heterocycles. The highest BCUT2D eigenvalue weighted by atomic mass is 15.3. The van der Waals surface area contributed by atoms with Crippen LogP contribution in [-0.2, 0) is 0 Å². The second-order valence-electron chi connectivity index (χ2n) is 3.49. The molecule has 0 amide bonds. The topological polar surface area (TPSA) is 43.1 Å². The van der Waals surface area contributed by atoms with E-state index in [2.05, 4.69) is 28.9 Å². The minimum Gasteiger partial charge on any atom is -0.241 e. The van der Waals surface area contributed by atoms with Crippen molar-refractivity contribution >= 4 is 5.65 Å². The zero-order valence-electron chi connectivity index (χ0n) is 11.9. The molecule has 0 N–H and O–H groups in total. The van der Waals surface area contributed by atoms with Gasteiger partial charge in [-0.15, -0.1) is 0 Å². The van der Waals surface area contributed by atoms with E-state index in [1.165, 1.54) is 12.8 Å². The minimum atomic E-state index is 0.775. The van der Waals surface area contributed by atoms with Gasteiger partial charge in [-0.3, -0.25) is 0 Å². The molecule has 0 saturated carbocycles. The van der Waals surface area contributed by atoms with Gasteiger partial charge in [0, 0.05) is 11.8 Å². The summed E-state index contributed by atoms with van der Waals surface area (Å²) in [5, 5.41) is 4.10.